The number of nitrogens with zero attached hydrogens (tertiary/aromatic N) is 3. The minimum absolute atomic E-state index is 0.0294. The molecule has 0 unspecified atom stereocenters. The van der Waals surface area contributed by atoms with Gasteiger partial charge in [0, 0.05) is 12.5 Å². The summed E-state index contributed by atoms with van der Waals surface area (Å²) in [7, 11) is 0. The first kappa shape index (κ1) is 12.5. The highest BCUT2D eigenvalue weighted by molar-refractivity contribution is 5.92. The lowest BCUT2D eigenvalue weighted by Crippen LogP contribution is -2.38. The molecule has 1 fully saturated rings. The molecule has 1 amide bonds. The van der Waals surface area contributed by atoms with E-state index in [2.05, 4.69) is 15.2 Å². The van der Waals surface area contributed by atoms with Gasteiger partial charge in [0.1, 0.15) is 12.4 Å². The van der Waals surface area contributed by atoms with Crippen LogP contribution in [-0.4, -0.2) is 49.7 Å². The van der Waals surface area contributed by atoms with Crippen molar-refractivity contribution in [1.29, 1.82) is 0 Å². The lowest BCUT2D eigenvalue weighted by Gasteiger charge is -2.17. The molecule has 7 heteroatoms. The van der Waals surface area contributed by atoms with Crippen LogP contribution >= 0.6 is 0 Å². The number of aromatic amines is 1. The van der Waals surface area contributed by atoms with Crippen LogP contribution in [0.15, 0.2) is 0 Å². The Kier molecular flexibility index (Phi) is 3.59. The van der Waals surface area contributed by atoms with Crippen molar-refractivity contribution < 1.29 is 14.7 Å². The van der Waals surface area contributed by atoms with Crippen LogP contribution in [0, 0.1) is 0 Å². The highest BCUT2D eigenvalue weighted by Gasteiger charge is 2.35. The van der Waals surface area contributed by atoms with Crippen LogP contribution in [0.3, 0.4) is 0 Å². The molecule has 1 aromatic rings. The van der Waals surface area contributed by atoms with Crippen molar-refractivity contribution in [2.24, 2.45) is 0 Å². The number of aromatic nitrogens is 3. The van der Waals surface area contributed by atoms with Gasteiger partial charge in [-0.15, -0.1) is 5.10 Å². The summed E-state index contributed by atoms with van der Waals surface area (Å²) in [6.07, 6.45) is 3.34. The Morgan fingerprint density at radius 3 is 2.78 bits per heavy atom. The Labute approximate surface area is 104 Å². The van der Waals surface area contributed by atoms with E-state index in [0.29, 0.717) is 5.82 Å². The number of carbonyl (C=O) groups is 2. The summed E-state index contributed by atoms with van der Waals surface area (Å²) >= 11 is 0. The molecule has 1 heterocycles. The maximum atomic E-state index is 12.1. The molecule has 0 bridgehead atoms. The molecule has 0 aromatic carbocycles. The smallest absolute Gasteiger partial charge is 0.323 e. The lowest BCUT2D eigenvalue weighted by atomic mass is 10.3. The molecular formula is C11H16N4O3. The highest BCUT2D eigenvalue weighted by Crippen LogP contribution is 2.27. The molecule has 1 aliphatic rings. The Bertz CT molecular complexity index is 453. The van der Waals surface area contributed by atoms with Gasteiger partial charge in [0.2, 0.25) is 5.82 Å². The standard InChI is InChI=1S/C11H16N4O3/c1-2-3-8-12-10(14-13-8)11(18)15(6-9(16)17)7-4-5-7/h7H,2-6H2,1H3,(H,16,17)(H,12,13,14). The number of nitrogens with one attached hydrogen (secondary N) is 1. The Morgan fingerprint density at radius 1 is 1.50 bits per heavy atom. The molecule has 1 aromatic heterocycles. The Hall–Kier alpha value is -1.92. The first-order valence-electron chi connectivity index (χ1n) is 6.06. The van der Waals surface area contributed by atoms with Crippen molar-refractivity contribution in [2.75, 3.05) is 6.54 Å². The molecule has 0 saturated heterocycles. The second-order valence-corrected chi connectivity index (χ2v) is 4.41. The normalized spacial score (nSPS) is 14.5. The molecule has 0 spiro atoms. The Balaban J connectivity index is 2.09. The van der Waals surface area contributed by atoms with E-state index >= 15 is 0 Å². The third kappa shape index (κ3) is 2.85. The van der Waals surface area contributed by atoms with Gasteiger partial charge in [-0.25, -0.2) is 4.98 Å². The number of hydrogen-bond donors (Lipinski definition) is 2. The molecule has 18 heavy (non-hydrogen) atoms. The van der Waals surface area contributed by atoms with Crippen molar-refractivity contribution in [3.05, 3.63) is 11.6 Å². The molecule has 2 N–H and O–H groups in total. The van der Waals surface area contributed by atoms with Gasteiger partial charge in [-0.1, -0.05) is 6.92 Å². The number of rotatable bonds is 6. The summed E-state index contributed by atoms with van der Waals surface area (Å²) in [6, 6.07) is 0.0294. The third-order valence-electron chi connectivity index (χ3n) is 2.76. The van der Waals surface area contributed by atoms with Gasteiger partial charge in [-0.2, -0.15) is 0 Å². The van der Waals surface area contributed by atoms with Crippen LogP contribution in [0.1, 0.15) is 42.6 Å². The maximum Gasteiger partial charge on any atom is 0.323 e. The number of amides is 1. The van der Waals surface area contributed by atoms with Gasteiger partial charge < -0.3 is 10.0 Å². The zero-order valence-electron chi connectivity index (χ0n) is 10.2. The lowest BCUT2D eigenvalue weighted by molar-refractivity contribution is -0.137. The summed E-state index contributed by atoms with van der Waals surface area (Å²) < 4.78 is 0. The minimum atomic E-state index is -1.01. The third-order valence-corrected chi connectivity index (χ3v) is 2.76. The first-order valence-corrected chi connectivity index (χ1v) is 6.06. The van der Waals surface area contributed by atoms with E-state index in [1.807, 2.05) is 6.92 Å². The second kappa shape index (κ2) is 5.16. The van der Waals surface area contributed by atoms with E-state index in [1.165, 1.54) is 4.90 Å². The summed E-state index contributed by atoms with van der Waals surface area (Å²) in [6.45, 7) is 1.71. The molecule has 1 saturated carbocycles. The van der Waals surface area contributed by atoms with E-state index in [1.54, 1.807) is 0 Å². The monoisotopic (exact) mass is 252 g/mol. The number of carboxylic acids is 1. The van der Waals surface area contributed by atoms with Crippen molar-refractivity contribution >= 4 is 11.9 Å². The molecular weight excluding hydrogens is 236 g/mol. The quantitative estimate of drug-likeness (QED) is 0.765. The van der Waals surface area contributed by atoms with Crippen LogP contribution < -0.4 is 0 Å². The highest BCUT2D eigenvalue weighted by atomic mass is 16.4. The van der Waals surface area contributed by atoms with Crippen LogP contribution in [0.4, 0.5) is 0 Å². The van der Waals surface area contributed by atoms with Gasteiger partial charge >= 0.3 is 5.97 Å². The number of carboxylic acid groups (broad SMARTS) is 1. The number of hydrogen-bond acceptors (Lipinski definition) is 4. The molecule has 1 aliphatic carbocycles. The van der Waals surface area contributed by atoms with E-state index in [0.717, 1.165) is 25.7 Å². The number of H-pyrrole nitrogens is 1. The zero-order valence-corrected chi connectivity index (χ0v) is 10.2. The molecule has 0 atom stereocenters. The maximum absolute atomic E-state index is 12.1. The van der Waals surface area contributed by atoms with E-state index in [9.17, 15) is 9.59 Å². The predicted octanol–water partition coefficient (Wildman–Crippen LogP) is 0.446. The average molecular weight is 252 g/mol. The fourth-order valence-corrected chi connectivity index (χ4v) is 1.77. The van der Waals surface area contributed by atoms with E-state index < -0.39 is 11.9 Å². The van der Waals surface area contributed by atoms with Gasteiger partial charge in [0.05, 0.1) is 0 Å². The van der Waals surface area contributed by atoms with Gasteiger partial charge in [0.25, 0.3) is 5.91 Å². The van der Waals surface area contributed by atoms with Crippen LogP contribution in [0.5, 0.6) is 0 Å². The summed E-state index contributed by atoms with van der Waals surface area (Å²) in [5.74, 6) is -0.698. The van der Waals surface area contributed by atoms with Gasteiger partial charge in [0.15, 0.2) is 0 Å². The Morgan fingerprint density at radius 2 is 2.22 bits per heavy atom. The number of aliphatic carboxylic acids is 1. The summed E-state index contributed by atoms with van der Waals surface area (Å²) in [4.78, 5) is 28.3. The van der Waals surface area contributed by atoms with Gasteiger partial charge in [-0.3, -0.25) is 14.7 Å². The van der Waals surface area contributed by atoms with E-state index in [-0.39, 0.29) is 18.4 Å². The molecule has 98 valence electrons. The van der Waals surface area contributed by atoms with Crippen LogP contribution in [0.25, 0.3) is 0 Å². The molecule has 0 radical (unpaired) electrons. The number of carbonyl (C=O) groups excluding carboxylic acids is 1. The predicted molar refractivity (Wildman–Crippen MR) is 62.1 cm³/mol. The summed E-state index contributed by atoms with van der Waals surface area (Å²) in [5.41, 5.74) is 0. The van der Waals surface area contributed by atoms with Gasteiger partial charge in [-0.05, 0) is 19.3 Å². The van der Waals surface area contributed by atoms with Crippen LogP contribution in [0.2, 0.25) is 0 Å². The largest absolute Gasteiger partial charge is 0.480 e. The molecule has 7 nitrogen and oxygen atoms in total. The first-order chi connectivity index (χ1) is 8.61. The average Bonchev–Trinajstić information content (AvgIpc) is 3.06. The summed E-state index contributed by atoms with van der Waals surface area (Å²) in [5, 5.41) is 15.4. The van der Waals surface area contributed by atoms with E-state index in [4.69, 9.17) is 5.11 Å². The molecule has 0 aliphatic heterocycles. The van der Waals surface area contributed by atoms with Crippen molar-refractivity contribution in [3.8, 4) is 0 Å². The van der Waals surface area contributed by atoms with Crippen LogP contribution in [-0.2, 0) is 11.2 Å². The van der Waals surface area contributed by atoms with Crippen molar-refractivity contribution in [1.82, 2.24) is 20.1 Å². The number of aryl methyl sites for hydroxylation is 1. The minimum Gasteiger partial charge on any atom is -0.480 e. The molecule has 2 rings (SSSR count). The second-order valence-electron chi connectivity index (χ2n) is 4.41. The fourth-order valence-electron chi connectivity index (χ4n) is 1.77. The zero-order chi connectivity index (χ0) is 13.1. The van der Waals surface area contributed by atoms with Crippen molar-refractivity contribution in [2.45, 2.75) is 38.6 Å². The SMILES string of the molecule is CCCc1nc(C(=O)N(CC(=O)O)C2CC2)n[nH]1. The van der Waals surface area contributed by atoms with Crippen molar-refractivity contribution in [3.63, 3.8) is 0 Å². The topological polar surface area (TPSA) is 99.2 Å². The fraction of sp³-hybridized carbons (Fsp3) is 0.636.